The molecule has 0 aromatic carbocycles. The van der Waals surface area contributed by atoms with Gasteiger partial charge in [-0.25, -0.2) is 0 Å². The van der Waals surface area contributed by atoms with Crippen molar-refractivity contribution >= 4 is 0 Å². The van der Waals surface area contributed by atoms with Crippen LogP contribution in [-0.2, 0) is 0 Å². The van der Waals surface area contributed by atoms with Crippen molar-refractivity contribution in [2.45, 2.75) is 76.9 Å². The van der Waals surface area contributed by atoms with Gasteiger partial charge < -0.3 is 15.3 Å². The molecule has 0 bridgehead atoms. The molecule has 2 rings (SSSR count). The van der Waals surface area contributed by atoms with E-state index in [1.165, 1.54) is 45.2 Å². The van der Waals surface area contributed by atoms with Gasteiger partial charge in [0.05, 0.1) is 6.61 Å². The number of aliphatic hydroxyl groups is 1. The Morgan fingerprint density at radius 2 is 2.00 bits per heavy atom. The summed E-state index contributed by atoms with van der Waals surface area (Å²) in [6.45, 7) is 9.62. The molecule has 3 nitrogen and oxygen atoms in total. The van der Waals surface area contributed by atoms with Crippen LogP contribution in [0.15, 0.2) is 0 Å². The summed E-state index contributed by atoms with van der Waals surface area (Å²) in [5.74, 6) is 0.894. The second kappa shape index (κ2) is 6.55. The van der Waals surface area contributed by atoms with Crippen LogP contribution in [0.25, 0.3) is 0 Å². The highest BCUT2D eigenvalue weighted by molar-refractivity contribution is 4.92. The van der Waals surface area contributed by atoms with Crippen LogP contribution >= 0.6 is 0 Å². The maximum atomic E-state index is 9.61. The Kier molecular flexibility index (Phi) is 5.27. The van der Waals surface area contributed by atoms with Crippen molar-refractivity contribution in [3.63, 3.8) is 0 Å². The van der Waals surface area contributed by atoms with E-state index in [4.69, 9.17) is 0 Å². The Morgan fingerprint density at radius 1 is 1.26 bits per heavy atom. The second-order valence-electron chi connectivity index (χ2n) is 7.26. The van der Waals surface area contributed by atoms with Crippen LogP contribution in [0.4, 0.5) is 0 Å². The minimum atomic E-state index is -0.0620. The average molecular weight is 268 g/mol. The van der Waals surface area contributed by atoms with Gasteiger partial charge in [0, 0.05) is 17.6 Å². The first-order valence-electron chi connectivity index (χ1n) is 8.15. The molecule has 1 aliphatic heterocycles. The first kappa shape index (κ1) is 15.3. The van der Waals surface area contributed by atoms with Crippen molar-refractivity contribution in [1.82, 2.24) is 10.2 Å². The van der Waals surface area contributed by atoms with Crippen molar-refractivity contribution in [1.29, 1.82) is 0 Å². The molecule has 112 valence electrons. The van der Waals surface area contributed by atoms with E-state index >= 15 is 0 Å². The molecular formula is C16H32N2O. The Hall–Kier alpha value is -0.120. The monoisotopic (exact) mass is 268 g/mol. The van der Waals surface area contributed by atoms with Crippen LogP contribution < -0.4 is 5.32 Å². The maximum Gasteiger partial charge on any atom is 0.0610 e. The van der Waals surface area contributed by atoms with Crippen molar-refractivity contribution in [2.24, 2.45) is 5.92 Å². The smallest absolute Gasteiger partial charge is 0.0610 e. The highest BCUT2D eigenvalue weighted by Gasteiger charge is 2.32. The quantitative estimate of drug-likeness (QED) is 0.744. The number of nitrogens with zero attached hydrogens (tertiary/aromatic N) is 1. The number of likely N-dealkylation sites (tertiary alicyclic amines) is 1. The fourth-order valence-electron chi connectivity index (χ4n) is 3.38. The lowest BCUT2D eigenvalue weighted by molar-refractivity contribution is 0.114. The molecule has 1 heterocycles. The van der Waals surface area contributed by atoms with Crippen LogP contribution in [0.1, 0.15) is 59.3 Å². The standard InChI is InChI=1S/C16H32N2O/c1-13-7-10-18(14(2)11-13)9-4-8-16(3,12-19)17-15-5-6-15/h13-15,17,19H,4-12H2,1-3H3. The van der Waals surface area contributed by atoms with E-state index in [1.807, 2.05) is 0 Å². The Balaban J connectivity index is 1.69. The minimum absolute atomic E-state index is 0.0620. The predicted molar refractivity (Wildman–Crippen MR) is 80.3 cm³/mol. The molecule has 0 aromatic heterocycles. The number of hydrogen-bond acceptors (Lipinski definition) is 3. The highest BCUT2D eigenvalue weighted by atomic mass is 16.3. The summed E-state index contributed by atoms with van der Waals surface area (Å²) in [7, 11) is 0. The SMILES string of the molecule is CC1CCN(CCCC(C)(CO)NC2CC2)C(C)C1. The third-order valence-electron chi connectivity index (χ3n) is 4.93. The van der Waals surface area contributed by atoms with Crippen molar-refractivity contribution < 1.29 is 5.11 Å². The molecule has 1 saturated carbocycles. The maximum absolute atomic E-state index is 9.61. The predicted octanol–water partition coefficient (Wildman–Crippen LogP) is 2.39. The van der Waals surface area contributed by atoms with Crippen molar-refractivity contribution in [3.8, 4) is 0 Å². The van der Waals surface area contributed by atoms with Gasteiger partial charge in [0.25, 0.3) is 0 Å². The zero-order chi connectivity index (χ0) is 13.9. The van der Waals surface area contributed by atoms with Gasteiger partial charge >= 0.3 is 0 Å². The van der Waals surface area contributed by atoms with Gasteiger partial charge in [0.1, 0.15) is 0 Å². The van der Waals surface area contributed by atoms with E-state index in [0.29, 0.717) is 6.04 Å². The number of piperidine rings is 1. The lowest BCUT2D eigenvalue weighted by Crippen LogP contribution is -2.48. The highest BCUT2D eigenvalue weighted by Crippen LogP contribution is 2.26. The minimum Gasteiger partial charge on any atom is -0.394 e. The Morgan fingerprint density at radius 3 is 2.58 bits per heavy atom. The van der Waals surface area contributed by atoms with Crippen LogP contribution in [0.3, 0.4) is 0 Å². The molecular weight excluding hydrogens is 236 g/mol. The number of aliphatic hydroxyl groups excluding tert-OH is 1. The molecule has 19 heavy (non-hydrogen) atoms. The summed E-state index contributed by atoms with van der Waals surface area (Å²) in [6, 6.07) is 1.41. The summed E-state index contributed by atoms with van der Waals surface area (Å²) >= 11 is 0. The molecule has 0 aromatic rings. The normalized spacial score (nSPS) is 32.2. The van der Waals surface area contributed by atoms with Gasteiger partial charge in [-0.2, -0.15) is 0 Å². The van der Waals surface area contributed by atoms with Gasteiger partial charge in [-0.05, 0) is 71.4 Å². The van der Waals surface area contributed by atoms with Gasteiger partial charge in [-0.15, -0.1) is 0 Å². The fourth-order valence-corrected chi connectivity index (χ4v) is 3.38. The topological polar surface area (TPSA) is 35.5 Å². The van der Waals surface area contributed by atoms with Crippen molar-refractivity contribution in [3.05, 3.63) is 0 Å². The number of hydrogen-bond donors (Lipinski definition) is 2. The first-order valence-corrected chi connectivity index (χ1v) is 8.15. The van der Waals surface area contributed by atoms with E-state index in [1.54, 1.807) is 0 Å². The van der Waals surface area contributed by atoms with E-state index in [9.17, 15) is 5.11 Å². The lowest BCUT2D eigenvalue weighted by atomic mass is 9.92. The lowest BCUT2D eigenvalue weighted by Gasteiger charge is -2.37. The van der Waals surface area contributed by atoms with Crippen molar-refractivity contribution in [2.75, 3.05) is 19.7 Å². The van der Waals surface area contributed by atoms with Crippen LogP contribution in [0, 0.1) is 5.92 Å². The third-order valence-corrected chi connectivity index (χ3v) is 4.93. The number of nitrogens with one attached hydrogen (secondary N) is 1. The van der Waals surface area contributed by atoms with E-state index in [-0.39, 0.29) is 12.1 Å². The van der Waals surface area contributed by atoms with E-state index in [2.05, 4.69) is 31.0 Å². The molecule has 0 radical (unpaired) electrons. The summed E-state index contributed by atoms with van der Waals surface area (Å²) in [5, 5.41) is 13.2. The fraction of sp³-hybridized carbons (Fsp3) is 1.00. The Labute approximate surface area is 118 Å². The zero-order valence-electron chi connectivity index (χ0n) is 13.0. The number of rotatable bonds is 7. The van der Waals surface area contributed by atoms with E-state index < -0.39 is 0 Å². The molecule has 0 amide bonds. The first-order chi connectivity index (χ1) is 9.02. The molecule has 1 aliphatic carbocycles. The summed E-state index contributed by atoms with van der Waals surface area (Å²) < 4.78 is 0. The molecule has 2 aliphatic rings. The third kappa shape index (κ3) is 4.73. The second-order valence-corrected chi connectivity index (χ2v) is 7.26. The van der Waals surface area contributed by atoms with Gasteiger partial charge in [-0.3, -0.25) is 0 Å². The average Bonchev–Trinajstić information content (AvgIpc) is 3.16. The molecule has 1 saturated heterocycles. The van der Waals surface area contributed by atoms with Crippen LogP contribution in [-0.4, -0.2) is 47.3 Å². The Bertz CT molecular complexity index is 280. The van der Waals surface area contributed by atoms with E-state index in [0.717, 1.165) is 18.4 Å². The summed E-state index contributed by atoms with van der Waals surface area (Å²) in [6.07, 6.45) is 7.54. The molecule has 3 heteroatoms. The zero-order valence-corrected chi connectivity index (χ0v) is 13.0. The largest absolute Gasteiger partial charge is 0.394 e. The molecule has 3 atom stereocenters. The van der Waals surface area contributed by atoms with Crippen LogP contribution in [0.5, 0.6) is 0 Å². The molecule has 0 spiro atoms. The summed E-state index contributed by atoms with van der Waals surface area (Å²) in [4.78, 5) is 2.63. The van der Waals surface area contributed by atoms with Crippen LogP contribution in [0.2, 0.25) is 0 Å². The van der Waals surface area contributed by atoms with Gasteiger partial charge in [0.2, 0.25) is 0 Å². The molecule has 2 fully saturated rings. The van der Waals surface area contributed by atoms with Gasteiger partial charge in [-0.1, -0.05) is 6.92 Å². The molecule has 2 N–H and O–H groups in total. The molecule has 3 unspecified atom stereocenters. The van der Waals surface area contributed by atoms with Gasteiger partial charge in [0.15, 0.2) is 0 Å². The summed E-state index contributed by atoms with van der Waals surface area (Å²) in [5.41, 5.74) is -0.0620.